The van der Waals surface area contributed by atoms with Crippen molar-refractivity contribution in [2.24, 2.45) is 0 Å². The van der Waals surface area contributed by atoms with Crippen molar-refractivity contribution in [2.45, 2.75) is 26.8 Å². The average Bonchev–Trinajstić information content (AvgIpc) is 3.13. The first-order chi connectivity index (χ1) is 14.0. The van der Waals surface area contributed by atoms with E-state index in [0.717, 1.165) is 63.8 Å². The molecule has 29 heavy (non-hydrogen) atoms. The van der Waals surface area contributed by atoms with E-state index in [9.17, 15) is 4.79 Å². The first-order valence-electron chi connectivity index (χ1n) is 10.1. The summed E-state index contributed by atoms with van der Waals surface area (Å²) in [6.45, 7) is 9.71. The molecule has 1 saturated heterocycles. The molecule has 1 fully saturated rings. The van der Waals surface area contributed by atoms with E-state index in [1.165, 1.54) is 11.3 Å². The highest BCUT2D eigenvalue weighted by atomic mass is 32.1. The quantitative estimate of drug-likeness (QED) is 0.639. The monoisotopic (exact) mass is 409 g/mol. The smallest absolute Gasteiger partial charge is 0.265 e. The number of carbonyl (C=O) groups is 1. The lowest BCUT2D eigenvalue weighted by atomic mass is 10.0. The SMILES string of the molecule is COc1ccc2ccccc2c1-c1nc(C)c(C(=O)N2CCN(C(C)C)CC2)s1. The van der Waals surface area contributed by atoms with Crippen LogP contribution in [0.25, 0.3) is 21.3 Å². The Kier molecular flexibility index (Phi) is 5.56. The van der Waals surface area contributed by atoms with E-state index in [0.29, 0.717) is 6.04 Å². The zero-order valence-corrected chi connectivity index (χ0v) is 18.3. The van der Waals surface area contributed by atoms with Crippen LogP contribution in [0, 0.1) is 6.92 Å². The Bertz CT molecular complexity index is 1040. The van der Waals surface area contributed by atoms with E-state index in [-0.39, 0.29) is 5.91 Å². The number of ether oxygens (including phenoxy) is 1. The second kappa shape index (κ2) is 8.13. The fourth-order valence-electron chi connectivity index (χ4n) is 3.93. The van der Waals surface area contributed by atoms with E-state index in [4.69, 9.17) is 9.72 Å². The van der Waals surface area contributed by atoms with E-state index < -0.39 is 0 Å². The van der Waals surface area contributed by atoms with Crippen LogP contribution in [0.15, 0.2) is 36.4 Å². The van der Waals surface area contributed by atoms with Crippen LogP contribution in [-0.4, -0.2) is 60.0 Å². The standard InChI is InChI=1S/C23H27N3O2S/c1-15(2)25-11-13-26(14-12-25)23(27)21-16(3)24-22(29-21)20-18-8-6-5-7-17(18)9-10-19(20)28-4/h5-10,15H,11-14H2,1-4H3. The number of thiazole rings is 1. The van der Waals surface area contributed by atoms with Crippen LogP contribution < -0.4 is 4.74 Å². The lowest BCUT2D eigenvalue weighted by molar-refractivity contribution is 0.0599. The van der Waals surface area contributed by atoms with Gasteiger partial charge in [-0.2, -0.15) is 0 Å². The normalized spacial score (nSPS) is 15.3. The molecule has 0 radical (unpaired) electrons. The second-order valence-electron chi connectivity index (χ2n) is 7.72. The molecule has 0 aliphatic carbocycles. The molecule has 4 rings (SSSR count). The lowest BCUT2D eigenvalue weighted by Gasteiger charge is -2.36. The van der Waals surface area contributed by atoms with E-state index in [2.05, 4.69) is 36.9 Å². The molecule has 1 aliphatic rings. The van der Waals surface area contributed by atoms with E-state index >= 15 is 0 Å². The molecular weight excluding hydrogens is 382 g/mol. The Morgan fingerprint density at radius 1 is 1.10 bits per heavy atom. The van der Waals surface area contributed by atoms with Gasteiger partial charge in [0.2, 0.25) is 0 Å². The van der Waals surface area contributed by atoms with Crippen molar-refractivity contribution in [2.75, 3.05) is 33.3 Å². The zero-order chi connectivity index (χ0) is 20.5. The maximum absolute atomic E-state index is 13.2. The van der Waals surface area contributed by atoms with Crippen LogP contribution in [0.3, 0.4) is 0 Å². The molecule has 0 spiro atoms. The summed E-state index contributed by atoms with van der Waals surface area (Å²) in [5, 5.41) is 3.05. The van der Waals surface area contributed by atoms with Gasteiger partial charge in [0.25, 0.3) is 5.91 Å². The van der Waals surface area contributed by atoms with Gasteiger partial charge in [0.15, 0.2) is 0 Å². The molecule has 3 aromatic rings. The van der Waals surface area contributed by atoms with Crippen molar-refractivity contribution in [3.05, 3.63) is 47.0 Å². The number of piperazine rings is 1. The van der Waals surface area contributed by atoms with Crippen LogP contribution in [0.5, 0.6) is 5.75 Å². The fraction of sp³-hybridized carbons (Fsp3) is 0.391. The van der Waals surface area contributed by atoms with Gasteiger partial charge in [-0.1, -0.05) is 30.3 Å². The van der Waals surface area contributed by atoms with Crippen molar-refractivity contribution in [1.29, 1.82) is 0 Å². The Balaban J connectivity index is 1.67. The third-order valence-corrected chi connectivity index (χ3v) is 6.81. The molecule has 0 bridgehead atoms. The van der Waals surface area contributed by atoms with Crippen LogP contribution in [-0.2, 0) is 0 Å². The topological polar surface area (TPSA) is 45.7 Å². The minimum Gasteiger partial charge on any atom is -0.496 e. The van der Waals surface area contributed by atoms with Crippen molar-refractivity contribution >= 4 is 28.0 Å². The van der Waals surface area contributed by atoms with Gasteiger partial charge in [-0.25, -0.2) is 4.98 Å². The van der Waals surface area contributed by atoms with Crippen molar-refractivity contribution < 1.29 is 9.53 Å². The number of benzene rings is 2. The first kappa shape index (κ1) is 19.9. The van der Waals surface area contributed by atoms with E-state index in [1.54, 1.807) is 7.11 Å². The summed E-state index contributed by atoms with van der Waals surface area (Å²) in [4.78, 5) is 23.1. The highest BCUT2D eigenvalue weighted by molar-refractivity contribution is 7.17. The van der Waals surface area contributed by atoms with Crippen molar-refractivity contribution in [1.82, 2.24) is 14.8 Å². The second-order valence-corrected chi connectivity index (χ2v) is 8.72. The molecule has 1 aliphatic heterocycles. The van der Waals surface area contributed by atoms with Gasteiger partial charge in [-0.05, 0) is 37.6 Å². The predicted octanol–water partition coefficient (Wildman–Crippen LogP) is 4.45. The highest BCUT2D eigenvalue weighted by Gasteiger charge is 2.27. The summed E-state index contributed by atoms with van der Waals surface area (Å²) in [6, 6.07) is 12.8. The summed E-state index contributed by atoms with van der Waals surface area (Å²) in [6.07, 6.45) is 0. The minimum absolute atomic E-state index is 0.0915. The number of hydrogen-bond acceptors (Lipinski definition) is 5. The molecule has 6 heteroatoms. The number of nitrogens with zero attached hydrogens (tertiary/aromatic N) is 3. The summed E-state index contributed by atoms with van der Waals surface area (Å²) in [5.74, 6) is 0.871. The fourth-order valence-corrected chi connectivity index (χ4v) is 5.03. The molecule has 2 aromatic carbocycles. The number of aromatic nitrogens is 1. The van der Waals surface area contributed by atoms with Gasteiger partial charge in [0, 0.05) is 32.2 Å². The van der Waals surface area contributed by atoms with Gasteiger partial charge in [-0.15, -0.1) is 11.3 Å². The number of methoxy groups -OCH3 is 1. The Labute approximate surface area is 175 Å². The Morgan fingerprint density at radius 2 is 1.83 bits per heavy atom. The Morgan fingerprint density at radius 3 is 2.52 bits per heavy atom. The van der Waals surface area contributed by atoms with Crippen LogP contribution in [0.2, 0.25) is 0 Å². The van der Waals surface area contributed by atoms with Crippen LogP contribution in [0.1, 0.15) is 29.2 Å². The molecular formula is C23H27N3O2S. The van der Waals surface area contributed by atoms with Crippen molar-refractivity contribution in [3.8, 4) is 16.3 Å². The van der Waals surface area contributed by atoms with Crippen LogP contribution >= 0.6 is 11.3 Å². The summed E-state index contributed by atoms with van der Waals surface area (Å²) >= 11 is 1.47. The predicted molar refractivity (Wildman–Crippen MR) is 119 cm³/mol. The summed E-state index contributed by atoms with van der Waals surface area (Å²) in [5.41, 5.74) is 1.75. The average molecular weight is 410 g/mol. The molecule has 0 atom stereocenters. The third kappa shape index (κ3) is 3.74. The third-order valence-electron chi connectivity index (χ3n) is 5.65. The molecule has 1 aromatic heterocycles. The molecule has 152 valence electrons. The lowest BCUT2D eigenvalue weighted by Crippen LogP contribution is -2.50. The van der Waals surface area contributed by atoms with Gasteiger partial charge >= 0.3 is 0 Å². The number of carbonyl (C=O) groups excluding carboxylic acids is 1. The van der Waals surface area contributed by atoms with Crippen molar-refractivity contribution in [3.63, 3.8) is 0 Å². The molecule has 1 amide bonds. The van der Waals surface area contributed by atoms with Gasteiger partial charge in [-0.3, -0.25) is 9.69 Å². The molecule has 5 nitrogen and oxygen atoms in total. The van der Waals surface area contributed by atoms with Gasteiger partial charge < -0.3 is 9.64 Å². The number of fused-ring (bicyclic) bond motifs is 1. The first-order valence-corrected chi connectivity index (χ1v) is 10.9. The van der Waals surface area contributed by atoms with Crippen LogP contribution in [0.4, 0.5) is 0 Å². The number of aryl methyl sites for hydroxylation is 1. The maximum Gasteiger partial charge on any atom is 0.265 e. The largest absolute Gasteiger partial charge is 0.496 e. The summed E-state index contributed by atoms with van der Waals surface area (Å²) < 4.78 is 5.63. The summed E-state index contributed by atoms with van der Waals surface area (Å²) in [7, 11) is 1.67. The van der Waals surface area contributed by atoms with Gasteiger partial charge in [0.05, 0.1) is 18.4 Å². The number of rotatable bonds is 4. The molecule has 2 heterocycles. The zero-order valence-electron chi connectivity index (χ0n) is 17.4. The number of hydrogen-bond donors (Lipinski definition) is 0. The number of amides is 1. The minimum atomic E-state index is 0.0915. The van der Waals surface area contributed by atoms with E-state index in [1.807, 2.05) is 30.0 Å². The molecule has 0 saturated carbocycles. The Hall–Kier alpha value is -2.44. The van der Waals surface area contributed by atoms with Gasteiger partial charge in [0.1, 0.15) is 15.6 Å². The molecule has 0 N–H and O–H groups in total. The molecule has 0 unspecified atom stereocenters. The highest BCUT2D eigenvalue weighted by Crippen LogP contribution is 2.40. The maximum atomic E-state index is 13.2.